The van der Waals surface area contributed by atoms with Gasteiger partial charge < -0.3 is 14.8 Å². The normalized spacial score (nSPS) is 17.6. The number of hydrogen-bond donors (Lipinski definition) is 1. The van der Waals surface area contributed by atoms with Crippen LogP contribution in [0.25, 0.3) is 0 Å². The molecule has 17 heavy (non-hydrogen) atoms. The quantitative estimate of drug-likeness (QED) is 0.839. The highest BCUT2D eigenvalue weighted by atomic mass is 32.1. The van der Waals surface area contributed by atoms with Crippen molar-refractivity contribution in [2.24, 2.45) is 0 Å². The topological polar surface area (TPSA) is 55.4 Å². The zero-order chi connectivity index (χ0) is 12.1. The van der Waals surface area contributed by atoms with Crippen LogP contribution < -0.4 is 5.32 Å². The lowest BCUT2D eigenvalue weighted by molar-refractivity contribution is -0.109. The number of rotatable bonds is 4. The molecular formula is C12H15NO3S. The molecule has 1 N–H and O–H groups in total. The van der Waals surface area contributed by atoms with E-state index in [0.717, 1.165) is 36.8 Å². The molecule has 1 aliphatic rings. The van der Waals surface area contributed by atoms with Crippen molar-refractivity contribution >= 4 is 23.7 Å². The lowest BCUT2D eigenvalue weighted by Crippen LogP contribution is -2.31. The molecule has 1 aromatic rings. The summed E-state index contributed by atoms with van der Waals surface area (Å²) in [6.07, 6.45) is 4.32. The predicted molar refractivity (Wildman–Crippen MR) is 65.0 cm³/mol. The molecule has 5 heteroatoms. The molecule has 1 amide bonds. The average molecular weight is 253 g/mol. The molecule has 1 unspecified atom stereocenters. The largest absolute Gasteiger partial charge is 0.446 e. The first kappa shape index (κ1) is 12.1. The number of hydrogen-bond acceptors (Lipinski definition) is 4. The molecule has 4 nitrogen and oxygen atoms in total. The number of ether oxygens (including phenoxy) is 1. The van der Waals surface area contributed by atoms with Crippen molar-refractivity contribution in [2.45, 2.75) is 37.8 Å². The summed E-state index contributed by atoms with van der Waals surface area (Å²) in [6, 6.07) is 3.07. The Hall–Kier alpha value is -1.36. The van der Waals surface area contributed by atoms with E-state index >= 15 is 0 Å². The SMILES string of the molecule is O=CC(NC(=O)OC1CCCC1)c1cccs1. The van der Waals surface area contributed by atoms with Crippen LogP contribution in [0.4, 0.5) is 4.79 Å². The molecule has 1 saturated carbocycles. The number of carbonyl (C=O) groups is 2. The van der Waals surface area contributed by atoms with Gasteiger partial charge in [-0.1, -0.05) is 6.07 Å². The van der Waals surface area contributed by atoms with Gasteiger partial charge in [0.1, 0.15) is 18.4 Å². The maximum Gasteiger partial charge on any atom is 0.408 e. The highest BCUT2D eigenvalue weighted by Gasteiger charge is 2.21. The zero-order valence-electron chi connectivity index (χ0n) is 9.43. The minimum atomic E-state index is -0.594. The van der Waals surface area contributed by atoms with Crippen LogP contribution >= 0.6 is 11.3 Å². The molecular weight excluding hydrogens is 238 g/mol. The van der Waals surface area contributed by atoms with Gasteiger partial charge in [0, 0.05) is 4.88 Å². The fourth-order valence-electron chi connectivity index (χ4n) is 1.96. The number of alkyl carbamates (subject to hydrolysis) is 1. The number of nitrogens with one attached hydrogen (secondary N) is 1. The number of amides is 1. The lowest BCUT2D eigenvalue weighted by atomic mass is 10.3. The highest BCUT2D eigenvalue weighted by molar-refractivity contribution is 7.10. The number of aldehydes is 1. The van der Waals surface area contributed by atoms with Crippen LogP contribution in [-0.2, 0) is 9.53 Å². The van der Waals surface area contributed by atoms with Gasteiger partial charge in [-0.3, -0.25) is 0 Å². The van der Waals surface area contributed by atoms with E-state index in [1.54, 1.807) is 0 Å². The maximum absolute atomic E-state index is 11.6. The first-order valence-electron chi connectivity index (χ1n) is 5.75. The monoisotopic (exact) mass is 253 g/mol. The summed E-state index contributed by atoms with van der Waals surface area (Å²) in [5, 5.41) is 4.45. The maximum atomic E-state index is 11.6. The van der Waals surface area contributed by atoms with Crippen LogP contribution in [0.1, 0.15) is 36.6 Å². The van der Waals surface area contributed by atoms with E-state index in [1.165, 1.54) is 11.3 Å². The second kappa shape index (κ2) is 5.82. The lowest BCUT2D eigenvalue weighted by Gasteiger charge is -2.15. The van der Waals surface area contributed by atoms with Gasteiger partial charge >= 0.3 is 6.09 Å². The Morgan fingerprint density at radius 3 is 2.88 bits per heavy atom. The van der Waals surface area contributed by atoms with Gasteiger partial charge in [-0.2, -0.15) is 0 Å². The Morgan fingerprint density at radius 2 is 2.29 bits per heavy atom. The van der Waals surface area contributed by atoms with Gasteiger partial charge in [-0.05, 0) is 37.1 Å². The van der Waals surface area contributed by atoms with Crippen molar-refractivity contribution in [1.82, 2.24) is 5.32 Å². The smallest absolute Gasteiger partial charge is 0.408 e. The molecule has 1 aliphatic carbocycles. The molecule has 1 fully saturated rings. The summed E-state index contributed by atoms with van der Waals surface area (Å²) in [6.45, 7) is 0. The van der Waals surface area contributed by atoms with E-state index in [4.69, 9.17) is 4.74 Å². The van der Waals surface area contributed by atoms with Gasteiger partial charge in [0.15, 0.2) is 0 Å². The van der Waals surface area contributed by atoms with E-state index in [-0.39, 0.29) is 6.10 Å². The third kappa shape index (κ3) is 3.30. The molecule has 1 heterocycles. The summed E-state index contributed by atoms with van der Waals surface area (Å²) in [4.78, 5) is 23.3. The average Bonchev–Trinajstić information content (AvgIpc) is 2.97. The fourth-order valence-corrected chi connectivity index (χ4v) is 2.69. The van der Waals surface area contributed by atoms with Gasteiger partial charge in [0.05, 0.1) is 0 Å². The molecule has 0 saturated heterocycles. The van der Waals surface area contributed by atoms with E-state index in [0.29, 0.717) is 0 Å². The van der Waals surface area contributed by atoms with Crippen molar-refractivity contribution in [3.05, 3.63) is 22.4 Å². The molecule has 2 rings (SSSR count). The molecule has 1 aromatic heterocycles. The van der Waals surface area contributed by atoms with E-state index in [1.807, 2.05) is 17.5 Å². The molecule has 92 valence electrons. The van der Waals surface area contributed by atoms with Crippen LogP contribution in [0.5, 0.6) is 0 Å². The Morgan fingerprint density at radius 1 is 1.53 bits per heavy atom. The minimum absolute atomic E-state index is 0.0191. The van der Waals surface area contributed by atoms with E-state index in [2.05, 4.69) is 5.32 Å². The molecule has 1 atom stereocenters. The second-order valence-electron chi connectivity index (χ2n) is 4.09. The summed E-state index contributed by atoms with van der Waals surface area (Å²) >= 11 is 1.44. The second-order valence-corrected chi connectivity index (χ2v) is 5.06. The Kier molecular flexibility index (Phi) is 4.14. The minimum Gasteiger partial charge on any atom is -0.446 e. The van der Waals surface area contributed by atoms with Gasteiger partial charge in [0.2, 0.25) is 0 Å². The van der Waals surface area contributed by atoms with Crippen molar-refractivity contribution < 1.29 is 14.3 Å². The predicted octanol–water partition coefficient (Wildman–Crippen LogP) is 2.66. The molecule has 0 spiro atoms. The van der Waals surface area contributed by atoms with Crippen molar-refractivity contribution in [3.63, 3.8) is 0 Å². The zero-order valence-corrected chi connectivity index (χ0v) is 10.2. The Bertz CT molecular complexity index is 371. The summed E-state index contributed by atoms with van der Waals surface area (Å²) < 4.78 is 5.24. The molecule has 0 aliphatic heterocycles. The van der Waals surface area contributed by atoms with E-state index < -0.39 is 12.1 Å². The molecule has 0 aromatic carbocycles. The van der Waals surface area contributed by atoms with Crippen molar-refractivity contribution in [2.75, 3.05) is 0 Å². The molecule has 0 bridgehead atoms. The van der Waals surface area contributed by atoms with Crippen molar-refractivity contribution in [3.8, 4) is 0 Å². The first-order chi connectivity index (χ1) is 8.29. The summed E-state index contributed by atoms with van der Waals surface area (Å²) in [5.74, 6) is 0. The fraction of sp³-hybridized carbons (Fsp3) is 0.500. The van der Waals surface area contributed by atoms with Gasteiger partial charge in [0.25, 0.3) is 0 Å². The number of thiophene rings is 1. The van der Waals surface area contributed by atoms with E-state index in [9.17, 15) is 9.59 Å². The van der Waals surface area contributed by atoms with Crippen LogP contribution in [0, 0.1) is 0 Å². The van der Waals surface area contributed by atoms with Crippen LogP contribution in [0.3, 0.4) is 0 Å². The first-order valence-corrected chi connectivity index (χ1v) is 6.63. The van der Waals surface area contributed by atoms with Gasteiger partial charge in [-0.15, -0.1) is 11.3 Å². The highest BCUT2D eigenvalue weighted by Crippen LogP contribution is 2.22. The Labute approximate surface area is 104 Å². The van der Waals surface area contributed by atoms with Gasteiger partial charge in [-0.25, -0.2) is 4.79 Å². The number of carbonyl (C=O) groups excluding carboxylic acids is 2. The van der Waals surface area contributed by atoms with Crippen LogP contribution in [-0.4, -0.2) is 18.5 Å². The molecule has 0 radical (unpaired) electrons. The Balaban J connectivity index is 1.85. The summed E-state index contributed by atoms with van der Waals surface area (Å²) in [7, 11) is 0. The van der Waals surface area contributed by atoms with Crippen LogP contribution in [0.15, 0.2) is 17.5 Å². The van der Waals surface area contributed by atoms with Crippen molar-refractivity contribution in [1.29, 1.82) is 0 Å². The third-order valence-corrected chi connectivity index (χ3v) is 3.79. The van der Waals surface area contributed by atoms with Crippen LogP contribution in [0.2, 0.25) is 0 Å². The summed E-state index contributed by atoms with van der Waals surface area (Å²) in [5.41, 5.74) is 0. The third-order valence-electron chi connectivity index (χ3n) is 2.84. The standard InChI is InChI=1S/C12H15NO3S/c14-8-10(11-6-3-7-17-11)13-12(15)16-9-4-1-2-5-9/h3,6-10H,1-2,4-5H2,(H,13,15).